The smallest absolute Gasteiger partial charge is 0.433 e. The van der Waals surface area contributed by atoms with Gasteiger partial charge in [-0.15, -0.1) is 0 Å². The van der Waals surface area contributed by atoms with Crippen molar-refractivity contribution in [3.8, 4) is 11.8 Å². The summed E-state index contributed by atoms with van der Waals surface area (Å²) in [5, 5.41) is 9.64. The molecule has 2 aliphatic rings. The van der Waals surface area contributed by atoms with Gasteiger partial charge in [0, 0.05) is 16.2 Å². The second-order valence-corrected chi connectivity index (χ2v) is 13.6. The molecule has 56 heavy (non-hydrogen) atoms. The summed E-state index contributed by atoms with van der Waals surface area (Å²) >= 11 is 12.1. The van der Waals surface area contributed by atoms with Crippen LogP contribution >= 0.6 is 23.2 Å². The van der Waals surface area contributed by atoms with Crippen LogP contribution in [-0.4, -0.2) is 79.1 Å². The number of rotatable bonds is 10. The lowest BCUT2D eigenvalue weighted by molar-refractivity contribution is -0.141. The molecule has 0 spiro atoms. The molecule has 0 bridgehead atoms. The molecule has 0 radical (unpaired) electrons. The van der Waals surface area contributed by atoms with Crippen molar-refractivity contribution in [1.29, 1.82) is 0 Å². The number of esters is 1. The average Bonchev–Trinajstić information content (AvgIpc) is 3.40. The number of nitrogens with one attached hydrogen (secondary N) is 2. The number of hydrogen-bond donors (Lipinski definition) is 3. The van der Waals surface area contributed by atoms with Crippen molar-refractivity contribution in [2.24, 2.45) is 0 Å². The number of urea groups is 1. The van der Waals surface area contributed by atoms with E-state index in [1.807, 2.05) is 5.32 Å². The number of halogens is 5. The van der Waals surface area contributed by atoms with Crippen LogP contribution in [0.15, 0.2) is 57.6 Å². The molecule has 0 fully saturated rings. The van der Waals surface area contributed by atoms with Gasteiger partial charge in [-0.05, 0) is 74.6 Å². The molecule has 1 aliphatic heterocycles. The quantitative estimate of drug-likeness (QED) is 0.133. The predicted molar refractivity (Wildman–Crippen MR) is 191 cm³/mol. The number of sulfonamides is 1. The highest BCUT2D eigenvalue weighted by molar-refractivity contribution is 7.90. The van der Waals surface area contributed by atoms with Gasteiger partial charge in [-0.2, -0.15) is 31.6 Å². The minimum Gasteiger partial charge on any atom is -0.481 e. The maximum absolute atomic E-state index is 12.8. The van der Waals surface area contributed by atoms with Gasteiger partial charge in [-0.3, -0.25) is 14.9 Å². The molecule has 0 saturated heterocycles. The van der Waals surface area contributed by atoms with E-state index in [0.717, 1.165) is 12.8 Å². The standard InChI is InChI=1S/C19H17Cl2NO4.C14H12F3N5O7S/c1-2-26-19(25)16(21)10-11-9-12(7-8-15(11)20)22-17(23)13-5-3-4-6-14(13)18(22)24;1-28-8-5-9(29-2)20-12(19-8)21-13(25)22-30(26,27)10-6(11(23)24)3-4-7(18-10)14(15,16)17/h7-10H,2-6H2,1H3;3-5H,1-2H3,(H,23,24)(H2,19,20,21,22,25)/b16-10-;. The number of anilines is 2. The number of amides is 4. The van der Waals surface area contributed by atoms with Gasteiger partial charge in [-0.25, -0.2) is 29.0 Å². The minimum atomic E-state index is -5.14. The number of carbonyl (C=O) groups is 5. The first-order valence-corrected chi connectivity index (χ1v) is 18.1. The molecule has 17 nitrogen and oxygen atoms in total. The second kappa shape index (κ2) is 17.8. The van der Waals surface area contributed by atoms with E-state index in [2.05, 4.69) is 15.0 Å². The molecule has 0 unspecified atom stereocenters. The molecule has 4 amide bonds. The summed E-state index contributed by atoms with van der Waals surface area (Å²) in [6.45, 7) is 1.87. The second-order valence-electron chi connectivity index (χ2n) is 11.2. The molecule has 0 atom stereocenters. The number of carboxylic acid groups (broad SMARTS) is 1. The number of imide groups is 1. The average molecular weight is 846 g/mol. The van der Waals surface area contributed by atoms with E-state index in [9.17, 15) is 45.6 Å². The van der Waals surface area contributed by atoms with Crippen LogP contribution in [0.4, 0.5) is 29.6 Å². The first-order chi connectivity index (χ1) is 26.3. The zero-order valence-corrected chi connectivity index (χ0v) is 31.5. The van der Waals surface area contributed by atoms with E-state index in [-0.39, 0.29) is 35.2 Å². The van der Waals surface area contributed by atoms with Crippen molar-refractivity contribution in [2.45, 2.75) is 43.8 Å². The van der Waals surface area contributed by atoms with Crippen molar-refractivity contribution in [3.05, 3.63) is 74.4 Å². The van der Waals surface area contributed by atoms with Gasteiger partial charge in [0.2, 0.25) is 17.7 Å². The number of aromatic carboxylic acids is 1. The fraction of sp³-hybridized carbons (Fsp3) is 0.273. The van der Waals surface area contributed by atoms with Crippen LogP contribution in [0.1, 0.15) is 54.2 Å². The molecular weight excluding hydrogens is 816 g/mol. The van der Waals surface area contributed by atoms with Crippen molar-refractivity contribution in [1.82, 2.24) is 19.7 Å². The van der Waals surface area contributed by atoms with E-state index in [1.54, 1.807) is 25.1 Å². The van der Waals surface area contributed by atoms with Crippen LogP contribution < -0.4 is 24.4 Å². The highest BCUT2D eigenvalue weighted by atomic mass is 35.5. The molecule has 3 N–H and O–H groups in total. The van der Waals surface area contributed by atoms with E-state index in [0.29, 0.717) is 52.4 Å². The molecule has 298 valence electrons. The topological polar surface area (TPSA) is 233 Å². The number of carbonyl (C=O) groups excluding carboxylic acids is 4. The Morgan fingerprint density at radius 2 is 1.55 bits per heavy atom. The highest BCUT2D eigenvalue weighted by Gasteiger charge is 2.40. The first kappa shape index (κ1) is 42.9. The molecule has 3 aromatic rings. The van der Waals surface area contributed by atoms with Gasteiger partial charge in [0.1, 0.15) is 10.7 Å². The summed E-state index contributed by atoms with van der Waals surface area (Å²) in [5.74, 6) is -3.70. The molecule has 23 heteroatoms. The van der Waals surface area contributed by atoms with Crippen LogP contribution in [0.3, 0.4) is 0 Å². The fourth-order valence-electron chi connectivity index (χ4n) is 5.08. The highest BCUT2D eigenvalue weighted by Crippen LogP contribution is 2.37. The number of ether oxygens (including phenoxy) is 3. The van der Waals surface area contributed by atoms with Gasteiger partial charge in [-0.1, -0.05) is 23.2 Å². The summed E-state index contributed by atoms with van der Waals surface area (Å²) < 4.78 is 79.0. The number of benzene rings is 1. The van der Waals surface area contributed by atoms with Crippen molar-refractivity contribution >= 4 is 80.7 Å². The predicted octanol–water partition coefficient (Wildman–Crippen LogP) is 5.34. The van der Waals surface area contributed by atoms with Crippen LogP contribution in [0.5, 0.6) is 11.8 Å². The number of alkyl halides is 3. The molecular formula is C33H29Cl2F3N6O11S. The molecule has 3 heterocycles. The maximum Gasteiger partial charge on any atom is 0.433 e. The third kappa shape index (κ3) is 10.1. The van der Waals surface area contributed by atoms with E-state index >= 15 is 0 Å². The Morgan fingerprint density at radius 1 is 0.964 bits per heavy atom. The monoisotopic (exact) mass is 844 g/mol. The normalized spacial score (nSPS) is 14.4. The Bertz CT molecular complexity index is 2220. The van der Waals surface area contributed by atoms with Gasteiger partial charge in [0.25, 0.3) is 21.8 Å². The summed E-state index contributed by atoms with van der Waals surface area (Å²) in [5.41, 5.74) is -0.710. The summed E-state index contributed by atoms with van der Waals surface area (Å²) in [6.07, 6.45) is -0.611. The van der Waals surface area contributed by atoms with Gasteiger partial charge in [0.05, 0.1) is 38.1 Å². The van der Waals surface area contributed by atoms with E-state index < -0.39 is 56.4 Å². The maximum atomic E-state index is 12.8. The number of aromatic nitrogens is 3. The Balaban J connectivity index is 0.000000251. The Kier molecular flexibility index (Phi) is 13.6. The molecule has 5 rings (SSSR count). The molecule has 2 aromatic heterocycles. The van der Waals surface area contributed by atoms with Gasteiger partial charge >= 0.3 is 24.1 Å². The Labute approximate surface area is 325 Å². The van der Waals surface area contributed by atoms with Crippen molar-refractivity contribution in [3.63, 3.8) is 0 Å². The lowest BCUT2D eigenvalue weighted by Crippen LogP contribution is -2.36. The van der Waals surface area contributed by atoms with Crippen LogP contribution in [0, 0.1) is 0 Å². The van der Waals surface area contributed by atoms with Crippen molar-refractivity contribution < 1.29 is 64.9 Å². The number of carboxylic acids is 1. The minimum absolute atomic E-state index is 0.0623. The van der Waals surface area contributed by atoms with Crippen LogP contribution in [0.25, 0.3) is 6.08 Å². The number of nitrogens with zero attached hydrogens (tertiary/aromatic N) is 4. The first-order valence-electron chi connectivity index (χ1n) is 15.9. The van der Waals surface area contributed by atoms with Gasteiger partial charge < -0.3 is 19.3 Å². The summed E-state index contributed by atoms with van der Waals surface area (Å²) in [6, 6.07) is 5.16. The number of pyridine rings is 1. The zero-order chi connectivity index (χ0) is 41.5. The SMILES string of the molecule is CCOC(=O)/C(Cl)=C/c1cc(N2C(=O)C3=C(CCCC3)C2=O)ccc1Cl.COc1cc(OC)nc(NC(=O)NS(=O)(=O)c2nc(C(F)(F)F)ccc2C(=O)O)n1. The summed E-state index contributed by atoms with van der Waals surface area (Å²) in [7, 11) is -2.66. The van der Waals surface area contributed by atoms with Gasteiger partial charge in [0.15, 0.2) is 5.03 Å². The lowest BCUT2D eigenvalue weighted by Gasteiger charge is -2.16. The molecule has 0 saturated carbocycles. The number of methoxy groups -OCH3 is 2. The Hall–Kier alpha value is -5.80. The third-order valence-corrected chi connectivity index (χ3v) is 9.45. The molecule has 1 aromatic carbocycles. The van der Waals surface area contributed by atoms with Crippen LogP contribution in [-0.2, 0) is 35.3 Å². The van der Waals surface area contributed by atoms with Crippen molar-refractivity contribution in [2.75, 3.05) is 31.0 Å². The molecule has 1 aliphatic carbocycles. The fourth-order valence-corrected chi connectivity index (χ4v) is 6.48. The Morgan fingerprint density at radius 3 is 2.07 bits per heavy atom. The summed E-state index contributed by atoms with van der Waals surface area (Å²) in [4.78, 5) is 71.6. The van der Waals surface area contributed by atoms with E-state index in [1.165, 1.54) is 36.0 Å². The lowest BCUT2D eigenvalue weighted by atomic mass is 9.93. The zero-order valence-electron chi connectivity index (χ0n) is 29.2. The third-order valence-electron chi connectivity index (χ3n) is 7.57. The number of hydrogen-bond acceptors (Lipinski definition) is 13. The van der Waals surface area contributed by atoms with E-state index in [4.69, 9.17) is 42.5 Å². The van der Waals surface area contributed by atoms with Crippen LogP contribution in [0.2, 0.25) is 5.02 Å². The largest absolute Gasteiger partial charge is 0.481 e.